The lowest BCUT2D eigenvalue weighted by Gasteiger charge is -2.10. The van der Waals surface area contributed by atoms with Gasteiger partial charge in [0.25, 0.3) is 0 Å². The molecule has 1 aromatic carbocycles. The zero-order valence-electron chi connectivity index (χ0n) is 10.3. The molecule has 0 fully saturated rings. The number of rotatable bonds is 4. The number of aromatic nitrogens is 4. The Kier molecular flexibility index (Phi) is 3.35. The maximum Gasteiger partial charge on any atom is 0.129 e. The van der Waals surface area contributed by atoms with E-state index in [0.717, 1.165) is 29.0 Å². The second-order valence-electron chi connectivity index (χ2n) is 4.08. The minimum absolute atomic E-state index is 0.655. The first-order valence-corrected chi connectivity index (χ1v) is 7.04. The molecule has 0 saturated carbocycles. The van der Waals surface area contributed by atoms with E-state index in [1.54, 1.807) is 0 Å². The van der Waals surface area contributed by atoms with E-state index >= 15 is 0 Å². The number of hydrogen-bond acceptors (Lipinski definition) is 5. The van der Waals surface area contributed by atoms with E-state index < -0.39 is 0 Å². The number of imidazole rings is 1. The van der Waals surface area contributed by atoms with Gasteiger partial charge in [-0.2, -0.15) is 8.75 Å². The van der Waals surface area contributed by atoms with Crippen molar-refractivity contribution < 1.29 is 0 Å². The number of halogens is 1. The van der Waals surface area contributed by atoms with Crippen molar-refractivity contribution in [2.24, 2.45) is 0 Å². The van der Waals surface area contributed by atoms with Gasteiger partial charge in [-0.05, 0) is 19.1 Å². The van der Waals surface area contributed by atoms with Crippen molar-refractivity contribution in [2.75, 3.05) is 5.32 Å². The van der Waals surface area contributed by atoms with Gasteiger partial charge < -0.3 is 9.88 Å². The largest absolute Gasteiger partial charge is 0.376 e. The summed E-state index contributed by atoms with van der Waals surface area (Å²) in [6.45, 7) is 3.64. The lowest BCUT2D eigenvalue weighted by atomic mass is 10.2. The summed E-state index contributed by atoms with van der Waals surface area (Å²) in [5, 5.41) is 3.99. The van der Waals surface area contributed by atoms with Gasteiger partial charge >= 0.3 is 0 Å². The molecule has 1 N–H and O–H groups in total. The van der Waals surface area contributed by atoms with Crippen LogP contribution in [0.1, 0.15) is 12.6 Å². The van der Waals surface area contributed by atoms with Gasteiger partial charge in [-0.25, -0.2) is 4.98 Å². The minimum Gasteiger partial charge on any atom is -0.376 e. The third-order valence-corrected chi connectivity index (χ3v) is 3.82. The summed E-state index contributed by atoms with van der Waals surface area (Å²) in [7, 11) is 0. The zero-order chi connectivity index (χ0) is 13.2. The van der Waals surface area contributed by atoms with Crippen LogP contribution >= 0.6 is 23.3 Å². The Morgan fingerprint density at radius 3 is 3.11 bits per heavy atom. The summed E-state index contributed by atoms with van der Waals surface area (Å²) >= 11 is 7.42. The number of nitrogens with one attached hydrogen (secondary N) is 1. The molecule has 98 valence electrons. The van der Waals surface area contributed by atoms with Gasteiger partial charge in [0.1, 0.15) is 11.0 Å². The van der Waals surface area contributed by atoms with E-state index in [-0.39, 0.29) is 0 Å². The predicted molar refractivity (Wildman–Crippen MR) is 77.7 cm³/mol. The molecule has 0 unspecified atom stereocenters. The van der Waals surface area contributed by atoms with Crippen LogP contribution < -0.4 is 5.32 Å². The van der Waals surface area contributed by atoms with E-state index in [1.807, 2.05) is 24.7 Å². The Morgan fingerprint density at radius 1 is 1.37 bits per heavy atom. The highest BCUT2D eigenvalue weighted by Gasteiger charge is 2.10. The van der Waals surface area contributed by atoms with Crippen LogP contribution in [0.4, 0.5) is 5.69 Å². The maximum atomic E-state index is 6.23. The Morgan fingerprint density at radius 2 is 2.26 bits per heavy atom. The molecule has 0 aliphatic heterocycles. The van der Waals surface area contributed by atoms with Crippen molar-refractivity contribution in [2.45, 2.75) is 20.0 Å². The number of nitrogens with zero attached hydrogens (tertiary/aromatic N) is 4. The van der Waals surface area contributed by atoms with E-state index in [0.29, 0.717) is 11.6 Å². The van der Waals surface area contributed by atoms with Gasteiger partial charge in [-0.15, -0.1) is 0 Å². The highest BCUT2D eigenvalue weighted by molar-refractivity contribution is 7.00. The third kappa shape index (κ3) is 2.29. The minimum atomic E-state index is 0.655. The Hall–Kier alpha value is -1.66. The number of fused-ring (bicyclic) bond motifs is 1. The number of benzene rings is 1. The molecule has 0 radical (unpaired) electrons. The third-order valence-electron chi connectivity index (χ3n) is 2.96. The van der Waals surface area contributed by atoms with Gasteiger partial charge in [0.15, 0.2) is 0 Å². The van der Waals surface area contributed by atoms with Crippen LogP contribution in [0, 0.1) is 0 Å². The second-order valence-corrected chi connectivity index (χ2v) is 5.01. The van der Waals surface area contributed by atoms with Crippen molar-refractivity contribution in [1.29, 1.82) is 0 Å². The van der Waals surface area contributed by atoms with Crippen LogP contribution in [0.5, 0.6) is 0 Å². The smallest absolute Gasteiger partial charge is 0.129 e. The molecule has 3 aromatic rings. The lowest BCUT2D eigenvalue weighted by molar-refractivity contribution is 0.720. The highest BCUT2D eigenvalue weighted by atomic mass is 35.5. The molecule has 0 saturated heterocycles. The molecule has 2 aromatic heterocycles. The molecule has 3 rings (SSSR count). The molecular weight excluding hydrogens is 282 g/mol. The summed E-state index contributed by atoms with van der Waals surface area (Å²) in [6.07, 6.45) is 3.67. The normalized spacial score (nSPS) is 11.1. The van der Waals surface area contributed by atoms with Crippen LogP contribution in [-0.4, -0.2) is 18.3 Å². The van der Waals surface area contributed by atoms with Gasteiger partial charge in [-0.1, -0.05) is 11.6 Å². The van der Waals surface area contributed by atoms with Crippen molar-refractivity contribution in [1.82, 2.24) is 18.3 Å². The van der Waals surface area contributed by atoms with Crippen LogP contribution in [0.3, 0.4) is 0 Å². The average molecular weight is 294 g/mol. The van der Waals surface area contributed by atoms with Crippen LogP contribution in [0.2, 0.25) is 5.02 Å². The summed E-state index contributed by atoms with van der Waals surface area (Å²) in [6, 6.07) is 3.72. The molecule has 0 bridgehead atoms. The van der Waals surface area contributed by atoms with E-state index in [2.05, 4.69) is 30.5 Å². The van der Waals surface area contributed by atoms with Gasteiger partial charge in [0.05, 0.1) is 41.0 Å². The highest BCUT2D eigenvalue weighted by Crippen LogP contribution is 2.30. The summed E-state index contributed by atoms with van der Waals surface area (Å²) in [5.41, 5.74) is 3.62. The molecule has 0 amide bonds. The quantitative estimate of drug-likeness (QED) is 0.803. The van der Waals surface area contributed by atoms with Crippen molar-refractivity contribution in [3.05, 3.63) is 35.4 Å². The van der Waals surface area contributed by atoms with Gasteiger partial charge in [-0.3, -0.25) is 0 Å². The summed E-state index contributed by atoms with van der Waals surface area (Å²) < 4.78 is 10.6. The lowest BCUT2D eigenvalue weighted by Crippen LogP contribution is -2.06. The SMILES string of the molecule is CCn1cncc1CNc1c(Cl)ccc2nsnc12. The van der Waals surface area contributed by atoms with Gasteiger partial charge in [0.2, 0.25) is 0 Å². The molecule has 7 heteroatoms. The van der Waals surface area contributed by atoms with E-state index in [9.17, 15) is 0 Å². The van der Waals surface area contributed by atoms with Crippen molar-refractivity contribution >= 4 is 40.0 Å². The molecule has 0 aliphatic carbocycles. The Labute approximate surface area is 119 Å². The molecule has 2 heterocycles. The van der Waals surface area contributed by atoms with E-state index in [4.69, 9.17) is 11.6 Å². The topological polar surface area (TPSA) is 55.6 Å². The molecule has 0 spiro atoms. The van der Waals surface area contributed by atoms with Crippen molar-refractivity contribution in [3.63, 3.8) is 0 Å². The fourth-order valence-corrected chi connectivity index (χ4v) is 2.72. The van der Waals surface area contributed by atoms with E-state index in [1.165, 1.54) is 11.7 Å². The fraction of sp³-hybridized carbons (Fsp3) is 0.250. The predicted octanol–water partition coefficient (Wildman–Crippen LogP) is 3.17. The summed E-state index contributed by atoms with van der Waals surface area (Å²) in [4.78, 5) is 4.14. The van der Waals surface area contributed by atoms with Crippen LogP contribution in [0.15, 0.2) is 24.7 Å². The molecule has 0 aliphatic rings. The van der Waals surface area contributed by atoms with Crippen LogP contribution in [0.25, 0.3) is 11.0 Å². The maximum absolute atomic E-state index is 6.23. The average Bonchev–Trinajstić information content (AvgIpc) is 3.05. The number of anilines is 1. The fourth-order valence-electron chi connectivity index (χ4n) is 1.95. The van der Waals surface area contributed by atoms with Crippen molar-refractivity contribution in [3.8, 4) is 0 Å². The monoisotopic (exact) mass is 293 g/mol. The first kappa shape index (κ1) is 12.4. The number of aryl methyl sites for hydroxylation is 1. The zero-order valence-corrected chi connectivity index (χ0v) is 11.9. The first-order chi connectivity index (χ1) is 9.29. The second kappa shape index (κ2) is 5.14. The van der Waals surface area contributed by atoms with Gasteiger partial charge in [0, 0.05) is 12.7 Å². The number of hydrogen-bond donors (Lipinski definition) is 1. The van der Waals surface area contributed by atoms with Crippen LogP contribution in [-0.2, 0) is 13.1 Å². The molecule has 19 heavy (non-hydrogen) atoms. The standard InChI is InChI=1S/C12H12ClN5S/c1-2-18-7-14-5-8(18)6-15-11-9(13)3-4-10-12(11)17-19-16-10/h3-5,7,15H,2,6H2,1H3. The molecular formula is C12H12ClN5S. The Balaban J connectivity index is 1.89. The molecule has 5 nitrogen and oxygen atoms in total. The Bertz CT molecular complexity index is 705. The summed E-state index contributed by atoms with van der Waals surface area (Å²) in [5.74, 6) is 0. The molecule has 0 atom stereocenters. The first-order valence-electron chi connectivity index (χ1n) is 5.93.